The second-order valence-corrected chi connectivity index (χ2v) is 4.54. The molecule has 1 heterocycles. The summed E-state index contributed by atoms with van der Waals surface area (Å²) in [4.78, 5) is 13.4. The highest BCUT2D eigenvalue weighted by Crippen LogP contribution is 2.25. The van der Waals surface area contributed by atoms with Gasteiger partial charge >= 0.3 is 0 Å². The largest absolute Gasteiger partial charge is 0.341 e. The lowest BCUT2D eigenvalue weighted by atomic mass is 9.95. The van der Waals surface area contributed by atoms with Gasteiger partial charge in [-0.05, 0) is 18.8 Å². The quantitative estimate of drug-likeness (QED) is 0.685. The lowest BCUT2D eigenvalue weighted by molar-refractivity contribution is -0.128. The monoisotopic (exact) mass is 194 g/mol. The van der Waals surface area contributed by atoms with E-state index in [1.165, 1.54) is 0 Å². The molecule has 0 aromatic rings. The maximum Gasteiger partial charge on any atom is 0.222 e. The maximum atomic E-state index is 11.6. The van der Waals surface area contributed by atoms with Crippen molar-refractivity contribution in [2.75, 3.05) is 13.1 Å². The van der Waals surface area contributed by atoms with Crippen molar-refractivity contribution in [3.8, 4) is 6.07 Å². The van der Waals surface area contributed by atoms with Crippen molar-refractivity contribution in [3.05, 3.63) is 0 Å². The molecule has 3 heteroatoms. The molecule has 3 nitrogen and oxygen atoms in total. The molecular formula is C11H18N2O. The first-order valence-electron chi connectivity index (χ1n) is 5.22. The van der Waals surface area contributed by atoms with Crippen molar-refractivity contribution in [2.24, 2.45) is 17.8 Å². The van der Waals surface area contributed by atoms with Gasteiger partial charge in [-0.1, -0.05) is 13.8 Å². The molecule has 14 heavy (non-hydrogen) atoms. The minimum absolute atomic E-state index is 0.0511. The van der Waals surface area contributed by atoms with E-state index in [0.29, 0.717) is 24.8 Å². The van der Waals surface area contributed by atoms with Gasteiger partial charge in [0.25, 0.3) is 0 Å². The highest BCUT2D eigenvalue weighted by atomic mass is 16.2. The predicted octanol–water partition coefficient (Wildman–Crippen LogP) is 1.65. The molecule has 0 aromatic heterocycles. The number of nitriles is 1. The second kappa shape index (κ2) is 4.45. The predicted molar refractivity (Wildman–Crippen MR) is 54.3 cm³/mol. The molecule has 0 aliphatic carbocycles. The van der Waals surface area contributed by atoms with E-state index < -0.39 is 0 Å². The first kappa shape index (κ1) is 11.0. The Labute approximate surface area is 85.7 Å². The molecule has 0 N–H and O–H groups in total. The molecule has 2 unspecified atom stereocenters. The molecule has 2 atom stereocenters. The number of carbonyl (C=O) groups is 1. The number of hydrogen-bond acceptors (Lipinski definition) is 2. The van der Waals surface area contributed by atoms with Gasteiger partial charge in [-0.25, -0.2) is 0 Å². The van der Waals surface area contributed by atoms with Gasteiger partial charge in [0.2, 0.25) is 5.91 Å². The topological polar surface area (TPSA) is 44.1 Å². The summed E-state index contributed by atoms with van der Waals surface area (Å²) in [7, 11) is 0. The first-order chi connectivity index (χ1) is 6.54. The summed E-state index contributed by atoms with van der Waals surface area (Å²) in [6.45, 7) is 7.58. The third-order valence-electron chi connectivity index (χ3n) is 2.90. The summed E-state index contributed by atoms with van der Waals surface area (Å²) in [5.74, 6) is 1.20. The molecule has 0 saturated carbocycles. The zero-order valence-electron chi connectivity index (χ0n) is 9.16. The van der Waals surface area contributed by atoms with Crippen LogP contribution in [0.15, 0.2) is 0 Å². The van der Waals surface area contributed by atoms with E-state index in [9.17, 15) is 4.79 Å². The van der Waals surface area contributed by atoms with Crippen LogP contribution in [0.25, 0.3) is 0 Å². The van der Waals surface area contributed by atoms with Gasteiger partial charge < -0.3 is 4.90 Å². The van der Waals surface area contributed by atoms with Gasteiger partial charge in [0.15, 0.2) is 0 Å². The molecule has 1 fully saturated rings. The van der Waals surface area contributed by atoms with Crippen molar-refractivity contribution in [2.45, 2.75) is 27.2 Å². The molecule has 0 bridgehead atoms. The fourth-order valence-electron chi connectivity index (χ4n) is 1.80. The van der Waals surface area contributed by atoms with Crippen LogP contribution in [0.1, 0.15) is 27.2 Å². The zero-order chi connectivity index (χ0) is 10.7. The minimum Gasteiger partial charge on any atom is -0.341 e. The van der Waals surface area contributed by atoms with Crippen LogP contribution in [0.4, 0.5) is 0 Å². The summed E-state index contributed by atoms with van der Waals surface area (Å²) in [5.41, 5.74) is 0. The molecule has 1 saturated heterocycles. The SMILES string of the molecule is CC(C#N)CN1CC(C(C)C)CC1=O. The minimum atomic E-state index is -0.0511. The normalized spacial score (nSPS) is 24.1. The smallest absolute Gasteiger partial charge is 0.222 e. The van der Waals surface area contributed by atoms with Crippen LogP contribution in [0.5, 0.6) is 0 Å². The molecule has 1 aliphatic heterocycles. The molecular weight excluding hydrogens is 176 g/mol. The number of amides is 1. The summed E-state index contributed by atoms with van der Waals surface area (Å²) >= 11 is 0. The van der Waals surface area contributed by atoms with Gasteiger partial charge in [-0.15, -0.1) is 0 Å². The lowest BCUT2D eigenvalue weighted by Crippen LogP contribution is -2.30. The van der Waals surface area contributed by atoms with Gasteiger partial charge in [0.05, 0.1) is 12.0 Å². The molecule has 1 amide bonds. The summed E-state index contributed by atoms with van der Waals surface area (Å²) in [6, 6.07) is 2.16. The Balaban J connectivity index is 2.50. The Morgan fingerprint density at radius 3 is 2.64 bits per heavy atom. The van der Waals surface area contributed by atoms with Crippen molar-refractivity contribution in [1.82, 2.24) is 4.90 Å². The average Bonchev–Trinajstić information content (AvgIpc) is 2.48. The fraction of sp³-hybridized carbons (Fsp3) is 0.818. The van der Waals surface area contributed by atoms with Crippen molar-refractivity contribution in [1.29, 1.82) is 5.26 Å². The highest BCUT2D eigenvalue weighted by molar-refractivity contribution is 5.78. The van der Waals surface area contributed by atoms with Gasteiger partial charge in [-0.3, -0.25) is 4.79 Å². The molecule has 0 spiro atoms. The standard InChI is InChI=1S/C11H18N2O/c1-8(2)10-4-11(14)13(7-10)6-9(3)5-12/h8-10H,4,6-7H2,1-3H3. The third-order valence-corrected chi connectivity index (χ3v) is 2.90. The number of rotatable bonds is 3. The Bertz CT molecular complexity index is 255. The third kappa shape index (κ3) is 2.47. The molecule has 0 radical (unpaired) electrons. The van der Waals surface area contributed by atoms with Crippen molar-refractivity contribution < 1.29 is 4.79 Å². The molecule has 1 rings (SSSR count). The Morgan fingerprint density at radius 2 is 2.21 bits per heavy atom. The number of carbonyl (C=O) groups excluding carboxylic acids is 1. The van der Waals surface area contributed by atoms with Crippen LogP contribution < -0.4 is 0 Å². The van der Waals surface area contributed by atoms with E-state index in [1.54, 1.807) is 0 Å². The zero-order valence-corrected chi connectivity index (χ0v) is 9.16. The van der Waals surface area contributed by atoms with E-state index in [0.717, 1.165) is 6.54 Å². The van der Waals surface area contributed by atoms with Crippen LogP contribution in [-0.2, 0) is 4.79 Å². The van der Waals surface area contributed by atoms with Crippen LogP contribution in [0, 0.1) is 29.1 Å². The van der Waals surface area contributed by atoms with Gasteiger partial charge in [-0.2, -0.15) is 5.26 Å². The van der Waals surface area contributed by atoms with Crippen molar-refractivity contribution in [3.63, 3.8) is 0 Å². The Morgan fingerprint density at radius 1 is 1.57 bits per heavy atom. The van der Waals surface area contributed by atoms with E-state index in [-0.39, 0.29) is 11.8 Å². The fourth-order valence-corrected chi connectivity index (χ4v) is 1.80. The Hall–Kier alpha value is -1.04. The van der Waals surface area contributed by atoms with Crippen LogP contribution in [0.2, 0.25) is 0 Å². The molecule has 1 aliphatic rings. The lowest BCUT2D eigenvalue weighted by Gasteiger charge is -2.18. The number of nitrogens with zero attached hydrogens (tertiary/aromatic N) is 2. The van der Waals surface area contributed by atoms with E-state index in [2.05, 4.69) is 19.9 Å². The molecule has 0 aromatic carbocycles. The summed E-state index contributed by atoms with van der Waals surface area (Å²) < 4.78 is 0. The Kier molecular flexibility index (Phi) is 3.51. The highest BCUT2D eigenvalue weighted by Gasteiger charge is 2.31. The first-order valence-corrected chi connectivity index (χ1v) is 5.22. The van der Waals surface area contributed by atoms with Gasteiger partial charge in [0.1, 0.15) is 0 Å². The van der Waals surface area contributed by atoms with E-state index in [4.69, 9.17) is 5.26 Å². The van der Waals surface area contributed by atoms with Crippen molar-refractivity contribution >= 4 is 5.91 Å². The summed E-state index contributed by atoms with van der Waals surface area (Å²) in [6.07, 6.45) is 0.663. The van der Waals surface area contributed by atoms with E-state index >= 15 is 0 Å². The number of likely N-dealkylation sites (tertiary alicyclic amines) is 1. The van der Waals surface area contributed by atoms with Crippen LogP contribution in [0.3, 0.4) is 0 Å². The maximum absolute atomic E-state index is 11.6. The van der Waals surface area contributed by atoms with Crippen LogP contribution >= 0.6 is 0 Å². The summed E-state index contributed by atoms with van der Waals surface area (Å²) in [5, 5.41) is 8.67. The number of hydrogen-bond donors (Lipinski definition) is 0. The van der Waals surface area contributed by atoms with E-state index in [1.807, 2.05) is 11.8 Å². The average molecular weight is 194 g/mol. The second-order valence-electron chi connectivity index (χ2n) is 4.54. The molecule has 78 valence electrons. The van der Waals surface area contributed by atoms with Crippen LogP contribution in [-0.4, -0.2) is 23.9 Å². The van der Waals surface area contributed by atoms with Gasteiger partial charge in [0, 0.05) is 19.5 Å².